The zero-order chi connectivity index (χ0) is 11.6. The molecule has 0 aromatic heterocycles. The Bertz CT molecular complexity index is 277. The van der Waals surface area contributed by atoms with E-state index < -0.39 is 0 Å². The quantitative estimate of drug-likeness (QED) is 0.573. The fourth-order valence-corrected chi connectivity index (χ4v) is 2.63. The number of allylic oxidation sites excluding steroid dienone is 1. The van der Waals surface area contributed by atoms with Crippen LogP contribution >= 0.6 is 11.6 Å². The van der Waals surface area contributed by atoms with Crippen molar-refractivity contribution >= 4 is 17.5 Å². The molecule has 3 heteroatoms. The third-order valence-corrected chi connectivity index (χ3v) is 4.01. The van der Waals surface area contributed by atoms with Crippen LogP contribution in [-0.4, -0.2) is 16.8 Å². The van der Waals surface area contributed by atoms with Crippen molar-refractivity contribution in [1.82, 2.24) is 5.32 Å². The zero-order valence-electron chi connectivity index (χ0n) is 9.77. The molecule has 1 aliphatic rings. The summed E-state index contributed by atoms with van der Waals surface area (Å²) in [6.45, 7) is 9.60. The van der Waals surface area contributed by atoms with E-state index in [9.17, 15) is 4.79 Å². The van der Waals surface area contributed by atoms with Gasteiger partial charge in [-0.3, -0.25) is 4.79 Å². The lowest BCUT2D eigenvalue weighted by molar-refractivity contribution is -0.121. The third-order valence-electron chi connectivity index (χ3n) is 3.35. The summed E-state index contributed by atoms with van der Waals surface area (Å²) >= 11 is 6.35. The SMILES string of the molecule is C=C(C)C1CCC(C)(NC(C)=O)C(Cl)C1. The van der Waals surface area contributed by atoms with Crippen LogP contribution in [-0.2, 0) is 4.79 Å². The number of carbonyl (C=O) groups excluding carboxylic acids is 1. The van der Waals surface area contributed by atoms with Crippen molar-refractivity contribution < 1.29 is 4.79 Å². The maximum Gasteiger partial charge on any atom is 0.217 e. The first-order valence-corrected chi connectivity index (χ1v) is 5.87. The second kappa shape index (κ2) is 4.56. The molecule has 1 saturated carbocycles. The molecule has 86 valence electrons. The standard InChI is InChI=1S/C12H20ClNO/c1-8(2)10-5-6-12(4,11(13)7-10)14-9(3)15/h10-11H,1,5-7H2,2-4H3,(H,14,15). The summed E-state index contributed by atoms with van der Waals surface area (Å²) in [5.74, 6) is 0.506. The lowest BCUT2D eigenvalue weighted by atomic mass is 9.75. The Kier molecular flexibility index (Phi) is 3.82. The molecule has 0 radical (unpaired) electrons. The molecule has 1 fully saturated rings. The lowest BCUT2D eigenvalue weighted by Crippen LogP contribution is -2.54. The molecule has 15 heavy (non-hydrogen) atoms. The molecule has 0 aromatic rings. The molecule has 1 rings (SSSR count). The minimum atomic E-state index is -0.251. The molecule has 3 unspecified atom stereocenters. The number of rotatable bonds is 2. The first kappa shape index (κ1) is 12.6. The Balaban J connectivity index is 2.66. The lowest BCUT2D eigenvalue weighted by Gasteiger charge is -2.42. The summed E-state index contributed by atoms with van der Waals surface area (Å²) in [5.41, 5.74) is 0.949. The molecule has 1 aliphatic carbocycles. The average molecular weight is 230 g/mol. The van der Waals surface area contributed by atoms with Gasteiger partial charge in [0.05, 0.1) is 10.9 Å². The number of alkyl halides is 1. The van der Waals surface area contributed by atoms with Gasteiger partial charge in [-0.25, -0.2) is 0 Å². The van der Waals surface area contributed by atoms with Crippen molar-refractivity contribution in [2.24, 2.45) is 5.92 Å². The van der Waals surface area contributed by atoms with Crippen LogP contribution in [0.15, 0.2) is 12.2 Å². The number of amides is 1. The predicted molar refractivity (Wildman–Crippen MR) is 64.0 cm³/mol. The number of carbonyl (C=O) groups is 1. The topological polar surface area (TPSA) is 29.1 Å². The van der Waals surface area contributed by atoms with Gasteiger partial charge in [-0.1, -0.05) is 12.2 Å². The maximum absolute atomic E-state index is 11.1. The summed E-state index contributed by atoms with van der Waals surface area (Å²) in [7, 11) is 0. The van der Waals surface area contributed by atoms with Crippen LogP contribution < -0.4 is 5.32 Å². The first-order valence-electron chi connectivity index (χ1n) is 5.43. The molecule has 0 bridgehead atoms. The van der Waals surface area contributed by atoms with E-state index in [0.29, 0.717) is 5.92 Å². The zero-order valence-corrected chi connectivity index (χ0v) is 10.5. The predicted octanol–water partition coefficient (Wildman–Crippen LogP) is 2.86. The molecule has 0 aromatic carbocycles. The molecule has 2 nitrogen and oxygen atoms in total. The summed E-state index contributed by atoms with van der Waals surface area (Å²) in [5, 5.41) is 2.96. The largest absolute Gasteiger partial charge is 0.350 e. The number of hydrogen-bond donors (Lipinski definition) is 1. The Morgan fingerprint density at radius 3 is 2.53 bits per heavy atom. The van der Waals surface area contributed by atoms with Crippen molar-refractivity contribution in [2.75, 3.05) is 0 Å². The molecule has 0 saturated heterocycles. The summed E-state index contributed by atoms with van der Waals surface area (Å²) in [6.07, 6.45) is 2.90. The van der Waals surface area contributed by atoms with Crippen LogP contribution in [0.2, 0.25) is 0 Å². The van der Waals surface area contributed by atoms with Crippen molar-refractivity contribution in [2.45, 2.75) is 50.9 Å². The normalized spacial score (nSPS) is 36.0. The molecule has 0 aliphatic heterocycles. The molecule has 1 N–H and O–H groups in total. The van der Waals surface area contributed by atoms with E-state index in [0.717, 1.165) is 19.3 Å². The fourth-order valence-electron chi connectivity index (χ4n) is 2.25. The van der Waals surface area contributed by atoms with Gasteiger partial charge in [0.25, 0.3) is 0 Å². The highest BCUT2D eigenvalue weighted by atomic mass is 35.5. The van der Waals surface area contributed by atoms with E-state index >= 15 is 0 Å². The van der Waals surface area contributed by atoms with Gasteiger partial charge < -0.3 is 5.32 Å². The second-order valence-electron chi connectivity index (χ2n) is 4.88. The minimum absolute atomic E-state index is 0.00285. The van der Waals surface area contributed by atoms with Crippen molar-refractivity contribution in [3.63, 3.8) is 0 Å². The van der Waals surface area contributed by atoms with Gasteiger partial charge in [0.15, 0.2) is 0 Å². The monoisotopic (exact) mass is 229 g/mol. The van der Waals surface area contributed by atoms with E-state index in [4.69, 9.17) is 11.6 Å². The number of halogens is 1. The highest BCUT2D eigenvalue weighted by molar-refractivity contribution is 6.21. The van der Waals surface area contributed by atoms with E-state index in [2.05, 4.69) is 18.8 Å². The number of nitrogens with one attached hydrogen (secondary N) is 1. The molecular weight excluding hydrogens is 210 g/mol. The molecule has 0 heterocycles. The van der Waals surface area contributed by atoms with Gasteiger partial charge in [-0.2, -0.15) is 0 Å². The molecular formula is C12H20ClNO. The smallest absolute Gasteiger partial charge is 0.217 e. The Morgan fingerprint density at radius 1 is 1.53 bits per heavy atom. The van der Waals surface area contributed by atoms with Gasteiger partial charge in [0, 0.05) is 6.92 Å². The first-order chi connectivity index (χ1) is 6.85. The van der Waals surface area contributed by atoms with Crippen LogP contribution in [0.5, 0.6) is 0 Å². The number of hydrogen-bond acceptors (Lipinski definition) is 1. The maximum atomic E-state index is 11.1. The molecule has 1 amide bonds. The van der Waals surface area contributed by atoms with Crippen molar-refractivity contribution in [3.8, 4) is 0 Å². The molecule has 0 spiro atoms. The minimum Gasteiger partial charge on any atom is -0.350 e. The van der Waals surface area contributed by atoms with Gasteiger partial charge in [-0.05, 0) is 39.0 Å². The van der Waals surface area contributed by atoms with E-state index in [1.165, 1.54) is 5.57 Å². The van der Waals surface area contributed by atoms with E-state index in [1.807, 2.05) is 6.92 Å². The van der Waals surface area contributed by atoms with E-state index in [-0.39, 0.29) is 16.8 Å². The van der Waals surface area contributed by atoms with E-state index in [1.54, 1.807) is 6.92 Å². The fraction of sp³-hybridized carbons (Fsp3) is 0.750. The van der Waals surface area contributed by atoms with Crippen molar-refractivity contribution in [1.29, 1.82) is 0 Å². The van der Waals surface area contributed by atoms with Gasteiger partial charge in [-0.15, -0.1) is 11.6 Å². The average Bonchev–Trinajstić information content (AvgIpc) is 2.08. The highest BCUT2D eigenvalue weighted by Crippen LogP contribution is 2.38. The summed E-state index contributed by atoms with van der Waals surface area (Å²) < 4.78 is 0. The van der Waals surface area contributed by atoms with Crippen molar-refractivity contribution in [3.05, 3.63) is 12.2 Å². The second-order valence-corrected chi connectivity index (χ2v) is 5.41. The third kappa shape index (κ3) is 2.97. The van der Waals surface area contributed by atoms with Crippen LogP contribution in [0.3, 0.4) is 0 Å². The van der Waals surface area contributed by atoms with Crippen LogP contribution in [0.25, 0.3) is 0 Å². The van der Waals surface area contributed by atoms with Crippen LogP contribution in [0.1, 0.15) is 40.0 Å². The van der Waals surface area contributed by atoms with Crippen LogP contribution in [0.4, 0.5) is 0 Å². The molecule has 3 atom stereocenters. The van der Waals surface area contributed by atoms with Gasteiger partial charge in [0.2, 0.25) is 5.91 Å². The highest BCUT2D eigenvalue weighted by Gasteiger charge is 2.39. The Morgan fingerprint density at radius 2 is 2.13 bits per heavy atom. The Hall–Kier alpha value is -0.500. The van der Waals surface area contributed by atoms with Crippen LogP contribution in [0, 0.1) is 5.92 Å². The Labute approximate surface area is 97.1 Å². The van der Waals surface area contributed by atoms with Gasteiger partial charge >= 0.3 is 0 Å². The summed E-state index contributed by atoms with van der Waals surface area (Å²) in [6, 6.07) is 0. The van der Waals surface area contributed by atoms with Gasteiger partial charge in [0.1, 0.15) is 0 Å². The summed E-state index contributed by atoms with van der Waals surface area (Å²) in [4.78, 5) is 11.1.